The zero-order valence-electron chi connectivity index (χ0n) is 15.1. The molecule has 2 saturated carbocycles. The number of allylic oxidation sites excluding steroid dienone is 3. The molecule has 0 radical (unpaired) electrons. The maximum atomic E-state index is 5.26. The molecule has 2 aliphatic carbocycles. The van der Waals surface area contributed by atoms with Gasteiger partial charge < -0.3 is 4.74 Å². The van der Waals surface area contributed by atoms with Gasteiger partial charge in [0.1, 0.15) is 5.75 Å². The van der Waals surface area contributed by atoms with Crippen molar-refractivity contribution >= 4 is 0 Å². The number of hydrogen-bond acceptors (Lipinski definition) is 1. The van der Waals surface area contributed by atoms with Crippen molar-refractivity contribution in [2.75, 3.05) is 7.11 Å². The highest BCUT2D eigenvalue weighted by Gasteiger charge is 2.22. The Kier molecular flexibility index (Phi) is 6.18. The average molecular weight is 325 g/mol. The van der Waals surface area contributed by atoms with E-state index in [1.165, 1.54) is 56.9 Å². The quantitative estimate of drug-likeness (QED) is 0.560. The number of benzene rings is 1. The van der Waals surface area contributed by atoms with Crippen LogP contribution in [0, 0.1) is 17.8 Å². The van der Waals surface area contributed by atoms with E-state index in [9.17, 15) is 0 Å². The lowest BCUT2D eigenvalue weighted by molar-refractivity contribution is 0.349. The van der Waals surface area contributed by atoms with Crippen LogP contribution in [0.4, 0.5) is 0 Å². The van der Waals surface area contributed by atoms with Crippen molar-refractivity contribution in [1.29, 1.82) is 0 Å². The topological polar surface area (TPSA) is 9.23 Å². The molecule has 1 aromatic carbocycles. The molecule has 0 bridgehead atoms. The minimum absolute atomic E-state index is 0.739. The molecule has 0 unspecified atom stereocenters. The predicted molar refractivity (Wildman–Crippen MR) is 102 cm³/mol. The highest BCUT2D eigenvalue weighted by atomic mass is 16.5. The number of methoxy groups -OCH3 is 1. The van der Waals surface area contributed by atoms with Crippen molar-refractivity contribution in [2.45, 2.75) is 57.3 Å². The van der Waals surface area contributed by atoms with Gasteiger partial charge in [0.25, 0.3) is 0 Å². The molecule has 2 aliphatic rings. The molecule has 0 amide bonds. The molecule has 24 heavy (non-hydrogen) atoms. The van der Waals surface area contributed by atoms with Gasteiger partial charge in [0.2, 0.25) is 0 Å². The van der Waals surface area contributed by atoms with Crippen molar-refractivity contribution in [3.05, 3.63) is 54.6 Å². The summed E-state index contributed by atoms with van der Waals surface area (Å²) in [5.74, 6) is 4.09. The van der Waals surface area contributed by atoms with E-state index in [0.717, 1.165) is 29.4 Å². The van der Waals surface area contributed by atoms with E-state index in [1.807, 2.05) is 0 Å². The zero-order valence-corrected chi connectivity index (χ0v) is 15.1. The van der Waals surface area contributed by atoms with Crippen LogP contribution < -0.4 is 4.74 Å². The van der Waals surface area contributed by atoms with Crippen molar-refractivity contribution < 1.29 is 4.74 Å². The maximum absolute atomic E-state index is 5.26. The number of hydrogen-bond donors (Lipinski definition) is 0. The first-order valence-corrected chi connectivity index (χ1v) is 9.73. The van der Waals surface area contributed by atoms with E-state index in [4.69, 9.17) is 4.74 Å². The normalized spacial score (nSPS) is 31.0. The van der Waals surface area contributed by atoms with E-state index >= 15 is 0 Å². The van der Waals surface area contributed by atoms with Crippen LogP contribution in [-0.4, -0.2) is 7.11 Å². The molecule has 1 nitrogen and oxygen atoms in total. The van der Waals surface area contributed by atoms with Crippen LogP contribution in [0.3, 0.4) is 0 Å². The highest BCUT2D eigenvalue weighted by Crippen LogP contribution is 2.37. The van der Waals surface area contributed by atoms with Gasteiger partial charge in [-0.25, -0.2) is 0 Å². The van der Waals surface area contributed by atoms with Gasteiger partial charge in [0.15, 0.2) is 0 Å². The van der Waals surface area contributed by atoms with Gasteiger partial charge in [0, 0.05) is 0 Å². The Balaban J connectivity index is 1.44. The molecule has 2 fully saturated rings. The molecule has 1 heteroatoms. The summed E-state index contributed by atoms with van der Waals surface area (Å²) in [6.07, 6.45) is 18.0. The van der Waals surface area contributed by atoms with Gasteiger partial charge in [0.05, 0.1) is 7.11 Å². The van der Waals surface area contributed by atoms with Crippen LogP contribution in [0.15, 0.2) is 49.1 Å². The summed E-state index contributed by atoms with van der Waals surface area (Å²) in [6.45, 7) is 3.95. The van der Waals surface area contributed by atoms with Crippen LogP contribution in [0.25, 0.3) is 0 Å². The monoisotopic (exact) mass is 324 g/mol. The summed E-state index contributed by atoms with van der Waals surface area (Å²) in [6, 6.07) is 8.69. The molecule has 1 aromatic rings. The van der Waals surface area contributed by atoms with Gasteiger partial charge in [-0.2, -0.15) is 0 Å². The minimum Gasteiger partial charge on any atom is -0.497 e. The lowest BCUT2D eigenvalue weighted by Gasteiger charge is -2.28. The molecule has 0 aromatic heterocycles. The molecule has 130 valence electrons. The van der Waals surface area contributed by atoms with Gasteiger partial charge in [-0.15, -0.1) is 6.58 Å². The lowest BCUT2D eigenvalue weighted by Crippen LogP contribution is -2.13. The summed E-state index contributed by atoms with van der Waals surface area (Å²) in [5, 5.41) is 0. The SMILES string of the molecule is C=CC1CCC(/C=C/C2CCC(c3ccc(OC)cc3)CC2)CC1. The van der Waals surface area contributed by atoms with Crippen molar-refractivity contribution in [2.24, 2.45) is 17.8 Å². The molecule has 0 atom stereocenters. The molecule has 0 spiro atoms. The summed E-state index contributed by atoms with van der Waals surface area (Å²) >= 11 is 0. The molecule has 0 N–H and O–H groups in total. The van der Waals surface area contributed by atoms with Crippen LogP contribution in [0.5, 0.6) is 5.75 Å². The van der Waals surface area contributed by atoms with E-state index < -0.39 is 0 Å². The first-order chi connectivity index (χ1) is 11.8. The molecule has 3 rings (SSSR count). The number of rotatable bonds is 5. The van der Waals surface area contributed by atoms with Crippen molar-refractivity contribution in [1.82, 2.24) is 0 Å². The van der Waals surface area contributed by atoms with E-state index in [2.05, 4.69) is 49.1 Å². The summed E-state index contributed by atoms with van der Waals surface area (Å²) in [4.78, 5) is 0. The van der Waals surface area contributed by atoms with Crippen molar-refractivity contribution in [3.63, 3.8) is 0 Å². The molecule has 0 aliphatic heterocycles. The van der Waals surface area contributed by atoms with Gasteiger partial charge in [-0.1, -0.05) is 30.4 Å². The predicted octanol–water partition coefficient (Wildman–Crippen LogP) is 6.52. The summed E-state index contributed by atoms with van der Waals surface area (Å²) < 4.78 is 5.26. The largest absolute Gasteiger partial charge is 0.497 e. The van der Waals surface area contributed by atoms with Crippen LogP contribution in [0.2, 0.25) is 0 Å². The Morgan fingerprint density at radius 2 is 1.29 bits per heavy atom. The fraction of sp³-hybridized carbons (Fsp3) is 0.565. The number of ether oxygens (including phenoxy) is 1. The summed E-state index contributed by atoms with van der Waals surface area (Å²) in [7, 11) is 1.73. The van der Waals surface area contributed by atoms with Crippen molar-refractivity contribution in [3.8, 4) is 5.75 Å². The maximum Gasteiger partial charge on any atom is 0.118 e. The standard InChI is InChI=1S/C23H32O/c1-3-18-4-6-19(7-5-18)8-9-20-10-12-21(13-11-20)22-14-16-23(24-2)17-15-22/h3,8-9,14-21H,1,4-7,10-13H2,2H3/b9-8+. The Labute approximate surface area is 147 Å². The third-order valence-electron chi connectivity index (χ3n) is 6.16. The molecule has 0 heterocycles. The Hall–Kier alpha value is -1.50. The van der Waals surface area contributed by atoms with E-state index in [1.54, 1.807) is 7.11 Å². The van der Waals surface area contributed by atoms with Crippen LogP contribution in [-0.2, 0) is 0 Å². The minimum atomic E-state index is 0.739. The fourth-order valence-corrected chi connectivity index (χ4v) is 4.41. The Bertz CT molecular complexity index is 526. The fourth-order valence-electron chi connectivity index (χ4n) is 4.41. The summed E-state index contributed by atoms with van der Waals surface area (Å²) in [5.41, 5.74) is 1.49. The Morgan fingerprint density at radius 3 is 1.79 bits per heavy atom. The third kappa shape index (κ3) is 4.53. The van der Waals surface area contributed by atoms with Gasteiger partial charge >= 0.3 is 0 Å². The second kappa shape index (κ2) is 8.55. The zero-order chi connectivity index (χ0) is 16.8. The second-order valence-corrected chi connectivity index (χ2v) is 7.68. The average Bonchev–Trinajstić information content (AvgIpc) is 2.67. The molecule has 0 saturated heterocycles. The second-order valence-electron chi connectivity index (χ2n) is 7.68. The van der Waals surface area contributed by atoms with E-state index in [0.29, 0.717) is 0 Å². The van der Waals surface area contributed by atoms with Crippen LogP contribution >= 0.6 is 0 Å². The smallest absolute Gasteiger partial charge is 0.118 e. The first-order valence-electron chi connectivity index (χ1n) is 9.73. The molecular formula is C23H32O. The lowest BCUT2D eigenvalue weighted by atomic mass is 9.77. The first kappa shape index (κ1) is 17.3. The van der Waals surface area contributed by atoms with Gasteiger partial charge in [-0.05, 0) is 92.7 Å². The third-order valence-corrected chi connectivity index (χ3v) is 6.16. The van der Waals surface area contributed by atoms with Gasteiger partial charge in [-0.3, -0.25) is 0 Å². The van der Waals surface area contributed by atoms with Crippen LogP contribution in [0.1, 0.15) is 62.8 Å². The van der Waals surface area contributed by atoms with E-state index in [-0.39, 0.29) is 0 Å². The highest BCUT2D eigenvalue weighted by molar-refractivity contribution is 5.29. The molecular weight excluding hydrogens is 292 g/mol. The Morgan fingerprint density at radius 1 is 0.792 bits per heavy atom.